The summed E-state index contributed by atoms with van der Waals surface area (Å²) in [5.74, 6) is 8.70. The molecule has 4 aliphatic carbocycles. The number of allylic oxidation sites excluding steroid dienone is 1. The number of aliphatic hydroxyl groups excluding tert-OH is 1. The highest BCUT2D eigenvalue weighted by molar-refractivity contribution is 5.25. The van der Waals surface area contributed by atoms with Gasteiger partial charge in [0.05, 0.1) is 6.10 Å². The van der Waals surface area contributed by atoms with Gasteiger partial charge >= 0.3 is 0 Å². The van der Waals surface area contributed by atoms with E-state index in [-0.39, 0.29) is 6.10 Å². The molecule has 4 rings (SSSR count). The molecule has 3 fully saturated rings. The monoisotopic (exact) mass is 424 g/mol. The fourth-order valence-corrected chi connectivity index (χ4v) is 9.36. The summed E-state index contributed by atoms with van der Waals surface area (Å²) in [6.45, 7) is 12.5. The minimum absolute atomic E-state index is 0.104. The summed E-state index contributed by atoms with van der Waals surface area (Å²) in [5, 5.41) is 10.3. The lowest BCUT2D eigenvalue weighted by Crippen LogP contribution is -2.51. The maximum atomic E-state index is 10.3. The first kappa shape index (κ1) is 23.4. The first-order chi connectivity index (χ1) is 14.7. The van der Waals surface area contributed by atoms with E-state index in [0.717, 1.165) is 60.7 Å². The average Bonchev–Trinajstić information content (AvgIpc) is 3.00. The molecule has 4 aliphatic rings. The Hall–Kier alpha value is -0.740. The molecule has 174 valence electrons. The van der Waals surface area contributed by atoms with Gasteiger partial charge in [0, 0.05) is 6.42 Å². The van der Waals surface area contributed by atoms with Gasteiger partial charge in [-0.2, -0.15) is 0 Å². The summed E-state index contributed by atoms with van der Waals surface area (Å²) in [7, 11) is 0. The number of fused-ring (bicyclic) bond motifs is 5. The van der Waals surface area contributed by atoms with Gasteiger partial charge in [-0.25, -0.2) is 0 Å². The van der Waals surface area contributed by atoms with Gasteiger partial charge in [0.15, 0.2) is 0 Å². The van der Waals surface area contributed by atoms with E-state index in [0.29, 0.717) is 10.8 Å². The lowest BCUT2D eigenvalue weighted by molar-refractivity contribution is -0.0588. The Bertz CT molecular complexity index is 712. The summed E-state index contributed by atoms with van der Waals surface area (Å²) >= 11 is 0. The maximum absolute atomic E-state index is 10.3. The second-order valence-electron chi connectivity index (χ2n) is 12.9. The molecule has 1 unspecified atom stereocenters. The van der Waals surface area contributed by atoms with Crippen LogP contribution in [0.3, 0.4) is 0 Å². The standard InChI is InChI=1S/C30H48O/c1-7-9-22-18-27-25-13-12-23-19-24(31)14-16-29(23,5)26(25)15-17-30(27,6)28(22)21(4)11-8-10-20(2)3/h1,12,20-22,24-28,31H,8-11,13-19H2,2-6H3/t21-,22?,24+,25-,26+,27+,28+,29+,30+/m1/s1. The van der Waals surface area contributed by atoms with Gasteiger partial charge in [-0.3, -0.25) is 0 Å². The summed E-state index contributed by atoms with van der Waals surface area (Å²) in [6, 6.07) is 0. The van der Waals surface area contributed by atoms with Crippen molar-refractivity contribution in [1.29, 1.82) is 0 Å². The van der Waals surface area contributed by atoms with Crippen LogP contribution in [0.5, 0.6) is 0 Å². The van der Waals surface area contributed by atoms with Crippen LogP contribution in [-0.4, -0.2) is 11.2 Å². The summed E-state index contributed by atoms with van der Waals surface area (Å²) in [6.07, 6.45) is 22.0. The van der Waals surface area contributed by atoms with Crippen LogP contribution in [0.15, 0.2) is 11.6 Å². The van der Waals surface area contributed by atoms with E-state index >= 15 is 0 Å². The number of hydrogen-bond donors (Lipinski definition) is 1. The van der Waals surface area contributed by atoms with Crippen molar-refractivity contribution in [2.45, 2.75) is 111 Å². The van der Waals surface area contributed by atoms with Gasteiger partial charge < -0.3 is 5.11 Å². The fraction of sp³-hybridized carbons (Fsp3) is 0.867. The second-order valence-corrected chi connectivity index (χ2v) is 12.9. The van der Waals surface area contributed by atoms with Crippen LogP contribution in [0.4, 0.5) is 0 Å². The minimum Gasteiger partial charge on any atom is -0.393 e. The second kappa shape index (κ2) is 8.89. The van der Waals surface area contributed by atoms with Gasteiger partial charge in [-0.05, 0) is 97.2 Å². The third-order valence-corrected chi connectivity index (χ3v) is 10.8. The van der Waals surface area contributed by atoms with Crippen LogP contribution in [0.2, 0.25) is 0 Å². The molecule has 0 aliphatic heterocycles. The molecule has 0 radical (unpaired) electrons. The zero-order valence-corrected chi connectivity index (χ0v) is 21.0. The largest absolute Gasteiger partial charge is 0.393 e. The molecule has 0 aromatic carbocycles. The Kier molecular flexibility index (Phi) is 6.72. The van der Waals surface area contributed by atoms with E-state index < -0.39 is 0 Å². The number of aliphatic hydroxyl groups is 1. The molecule has 0 amide bonds. The smallest absolute Gasteiger partial charge is 0.0577 e. The lowest BCUT2D eigenvalue weighted by atomic mass is 9.47. The van der Waals surface area contributed by atoms with Gasteiger partial charge in [-0.15, -0.1) is 12.3 Å². The van der Waals surface area contributed by atoms with E-state index in [9.17, 15) is 5.11 Å². The zero-order valence-electron chi connectivity index (χ0n) is 21.0. The van der Waals surface area contributed by atoms with Crippen LogP contribution >= 0.6 is 0 Å². The summed E-state index contributed by atoms with van der Waals surface area (Å²) < 4.78 is 0. The Morgan fingerprint density at radius 2 is 1.90 bits per heavy atom. The molecule has 0 heterocycles. The Balaban J connectivity index is 1.58. The first-order valence-electron chi connectivity index (χ1n) is 13.5. The van der Waals surface area contributed by atoms with Crippen molar-refractivity contribution in [2.24, 2.45) is 52.3 Å². The Morgan fingerprint density at radius 3 is 2.61 bits per heavy atom. The SMILES string of the molecule is C#CCC1C[C@H]2[C@@H]3CC=C4C[C@@H](O)CC[C@]4(C)[C@H]3CC[C@]2(C)[C@H]1[C@H](C)CCCC(C)C. The molecule has 0 aromatic rings. The van der Waals surface area contributed by atoms with Gasteiger partial charge in [0.1, 0.15) is 0 Å². The third kappa shape index (κ3) is 4.05. The number of rotatable bonds is 6. The van der Waals surface area contributed by atoms with Crippen molar-refractivity contribution in [3.05, 3.63) is 11.6 Å². The fourth-order valence-electron chi connectivity index (χ4n) is 9.36. The normalized spacial score (nSPS) is 45.3. The Labute approximate surface area is 192 Å². The summed E-state index contributed by atoms with van der Waals surface area (Å²) in [4.78, 5) is 0. The van der Waals surface area contributed by atoms with Crippen molar-refractivity contribution in [2.75, 3.05) is 0 Å². The van der Waals surface area contributed by atoms with E-state index in [1.807, 2.05) is 0 Å². The van der Waals surface area contributed by atoms with Crippen molar-refractivity contribution in [3.8, 4) is 12.3 Å². The predicted molar refractivity (Wildman–Crippen MR) is 131 cm³/mol. The number of terminal acetylenes is 1. The van der Waals surface area contributed by atoms with Gasteiger partial charge in [0.2, 0.25) is 0 Å². The molecule has 0 saturated heterocycles. The van der Waals surface area contributed by atoms with E-state index in [4.69, 9.17) is 6.42 Å². The zero-order chi connectivity index (χ0) is 22.4. The van der Waals surface area contributed by atoms with E-state index in [1.54, 1.807) is 5.57 Å². The topological polar surface area (TPSA) is 20.2 Å². The lowest BCUT2D eigenvalue weighted by Gasteiger charge is -2.58. The van der Waals surface area contributed by atoms with Crippen LogP contribution in [0.1, 0.15) is 105 Å². The molecular formula is C30H48O. The van der Waals surface area contributed by atoms with Crippen LogP contribution in [0.25, 0.3) is 0 Å². The van der Waals surface area contributed by atoms with Crippen molar-refractivity contribution < 1.29 is 5.11 Å². The van der Waals surface area contributed by atoms with Crippen LogP contribution < -0.4 is 0 Å². The molecule has 31 heavy (non-hydrogen) atoms. The van der Waals surface area contributed by atoms with Crippen molar-refractivity contribution in [3.63, 3.8) is 0 Å². The third-order valence-electron chi connectivity index (χ3n) is 10.8. The molecule has 0 bridgehead atoms. The summed E-state index contributed by atoms with van der Waals surface area (Å²) in [5.41, 5.74) is 2.40. The van der Waals surface area contributed by atoms with E-state index in [2.05, 4.69) is 46.6 Å². The van der Waals surface area contributed by atoms with Crippen LogP contribution in [-0.2, 0) is 0 Å². The molecule has 0 spiro atoms. The molecule has 9 atom stereocenters. The quantitative estimate of drug-likeness (QED) is 0.343. The average molecular weight is 425 g/mol. The molecular weight excluding hydrogens is 376 g/mol. The van der Waals surface area contributed by atoms with Gasteiger partial charge in [0.25, 0.3) is 0 Å². The highest BCUT2D eigenvalue weighted by atomic mass is 16.3. The predicted octanol–water partition coefficient (Wildman–Crippen LogP) is 7.64. The Morgan fingerprint density at radius 1 is 1.13 bits per heavy atom. The van der Waals surface area contributed by atoms with E-state index in [1.165, 1.54) is 51.4 Å². The maximum Gasteiger partial charge on any atom is 0.0577 e. The van der Waals surface area contributed by atoms with Crippen molar-refractivity contribution in [1.82, 2.24) is 0 Å². The molecule has 3 saturated carbocycles. The first-order valence-corrected chi connectivity index (χ1v) is 13.5. The van der Waals surface area contributed by atoms with Gasteiger partial charge in [-0.1, -0.05) is 65.5 Å². The number of hydrogen-bond acceptors (Lipinski definition) is 1. The van der Waals surface area contributed by atoms with Crippen molar-refractivity contribution >= 4 is 0 Å². The highest BCUT2D eigenvalue weighted by Gasteiger charge is 2.61. The highest BCUT2D eigenvalue weighted by Crippen LogP contribution is 2.68. The molecule has 1 heteroatoms. The molecule has 1 N–H and O–H groups in total. The van der Waals surface area contributed by atoms with Crippen LogP contribution in [0, 0.1) is 64.6 Å². The molecule has 0 aromatic heterocycles. The molecule has 1 nitrogen and oxygen atoms in total. The minimum atomic E-state index is -0.104.